The molecule has 2 saturated carbocycles. The Kier molecular flexibility index (Phi) is 11.5. The molecule has 0 radical (unpaired) electrons. The quantitative estimate of drug-likeness (QED) is 0.129. The van der Waals surface area contributed by atoms with Crippen molar-refractivity contribution >= 4 is 37.4 Å². The maximum Gasteiger partial charge on any atom is 0.261 e. The van der Waals surface area contributed by atoms with Gasteiger partial charge >= 0.3 is 0 Å². The van der Waals surface area contributed by atoms with Crippen LogP contribution in [0, 0.1) is 35.5 Å². The Hall–Kier alpha value is -3.11. The highest BCUT2D eigenvalue weighted by Gasteiger charge is 2.57. The molecule has 4 aromatic carbocycles. The molecule has 8 atom stereocenters. The molecule has 6 heteroatoms. The second kappa shape index (κ2) is 15.8. The molecule has 0 aromatic heterocycles. The number of benzene rings is 4. The molecule has 0 spiro atoms. The van der Waals surface area contributed by atoms with E-state index >= 15 is 0 Å². The zero-order valence-electron chi connectivity index (χ0n) is 33.3. The summed E-state index contributed by atoms with van der Waals surface area (Å²) >= 11 is 0. The van der Waals surface area contributed by atoms with Crippen LogP contribution in [0.15, 0.2) is 133 Å². The highest BCUT2D eigenvalue weighted by atomic mass is 28.4. The number of rotatable bonds is 10. The van der Waals surface area contributed by atoms with Crippen LogP contribution in [0.4, 0.5) is 0 Å². The van der Waals surface area contributed by atoms with Crippen molar-refractivity contribution < 1.29 is 19.1 Å². The van der Waals surface area contributed by atoms with Gasteiger partial charge in [-0.1, -0.05) is 175 Å². The number of hydrogen-bond acceptors (Lipinski definition) is 4. The van der Waals surface area contributed by atoms with Crippen LogP contribution in [-0.2, 0) is 8.85 Å². The lowest BCUT2D eigenvalue weighted by molar-refractivity contribution is -0.156. The molecule has 4 aromatic rings. The normalized spacial score (nSPS) is 27.6. The average molecular weight is 759 g/mol. The Morgan fingerprint density at radius 1 is 0.519 bits per heavy atom. The third-order valence-electron chi connectivity index (χ3n) is 13.5. The minimum absolute atomic E-state index is 0.0593. The fourth-order valence-electron chi connectivity index (χ4n) is 11.0. The molecule has 0 amide bonds. The molecule has 0 bridgehead atoms. The molecular weight excluding hydrogens is 697 g/mol. The van der Waals surface area contributed by atoms with Gasteiger partial charge in [-0.05, 0) is 80.2 Å². The van der Waals surface area contributed by atoms with Crippen molar-refractivity contribution in [1.29, 1.82) is 0 Å². The zero-order valence-corrected chi connectivity index (χ0v) is 35.3. The first-order valence-electron chi connectivity index (χ1n) is 20.4. The Bertz CT molecular complexity index is 1740. The molecule has 0 aliphatic heterocycles. The summed E-state index contributed by atoms with van der Waals surface area (Å²) in [7, 11) is -5.73. The first-order chi connectivity index (χ1) is 25.9. The molecule has 0 heterocycles. The average Bonchev–Trinajstić information content (AvgIpc) is 3.17. The Morgan fingerprint density at radius 3 is 1.35 bits per heavy atom. The maximum atomic E-state index is 12.8. The zero-order chi connectivity index (χ0) is 38.1. The van der Waals surface area contributed by atoms with Crippen molar-refractivity contribution in [3.8, 4) is 0 Å². The third kappa shape index (κ3) is 7.08. The standard InChI is InChI=1S/C48H62O4Si2/c1-47(2,3)53(38-22-11-7-12-23-38,39-24-13-8-14-25-39)51-33-37-32-36-31-35-21-19-20-30-42(35)45(49)44(36)46(50)43(37)34-52-54(48(4,5)6,40-26-15-9-16-27-40)41-28-17-10-18-29-41/h7-20,22-29,35-37,42-46,49-50H,21,30-34H2,1-6H3/t35-,36+,37-,42-,43-,44-,45+,46-/m0/s1. The molecule has 2 fully saturated rings. The fraction of sp³-hybridized carbons (Fsp3) is 0.458. The molecule has 0 unspecified atom stereocenters. The van der Waals surface area contributed by atoms with Gasteiger partial charge in [0.2, 0.25) is 0 Å². The van der Waals surface area contributed by atoms with Crippen LogP contribution in [-0.4, -0.2) is 52.3 Å². The van der Waals surface area contributed by atoms with Crippen molar-refractivity contribution in [2.75, 3.05) is 13.2 Å². The lowest BCUT2D eigenvalue weighted by Crippen LogP contribution is -2.68. The molecule has 4 nitrogen and oxygen atoms in total. The van der Waals surface area contributed by atoms with Gasteiger partial charge in [0.1, 0.15) is 0 Å². The Labute approximate surface area is 326 Å². The van der Waals surface area contributed by atoms with Crippen LogP contribution in [0.3, 0.4) is 0 Å². The molecule has 2 N–H and O–H groups in total. The van der Waals surface area contributed by atoms with E-state index in [9.17, 15) is 10.2 Å². The van der Waals surface area contributed by atoms with E-state index in [0.29, 0.717) is 19.1 Å². The van der Waals surface area contributed by atoms with E-state index in [0.717, 1.165) is 25.7 Å². The number of aliphatic hydroxyl groups excluding tert-OH is 2. The van der Waals surface area contributed by atoms with E-state index in [2.05, 4.69) is 175 Å². The first-order valence-corrected chi connectivity index (χ1v) is 24.2. The Balaban J connectivity index is 1.30. The van der Waals surface area contributed by atoms with Crippen LogP contribution in [0.25, 0.3) is 0 Å². The maximum absolute atomic E-state index is 12.8. The minimum atomic E-state index is -2.89. The highest BCUT2D eigenvalue weighted by molar-refractivity contribution is 7.00. The van der Waals surface area contributed by atoms with Crippen LogP contribution in [0.5, 0.6) is 0 Å². The summed E-state index contributed by atoms with van der Waals surface area (Å²) in [6, 6.07) is 43.4. The van der Waals surface area contributed by atoms with Gasteiger partial charge in [-0.25, -0.2) is 0 Å². The predicted molar refractivity (Wildman–Crippen MR) is 228 cm³/mol. The van der Waals surface area contributed by atoms with E-state index in [1.807, 2.05) is 0 Å². The molecular formula is C48H62O4Si2. The minimum Gasteiger partial charge on any atom is -0.407 e. The first kappa shape index (κ1) is 39.1. The third-order valence-corrected chi connectivity index (χ3v) is 23.5. The van der Waals surface area contributed by atoms with E-state index < -0.39 is 28.8 Å². The second-order valence-electron chi connectivity index (χ2n) is 18.5. The van der Waals surface area contributed by atoms with Gasteiger partial charge in [-0.3, -0.25) is 0 Å². The van der Waals surface area contributed by atoms with E-state index in [-0.39, 0.29) is 39.7 Å². The van der Waals surface area contributed by atoms with Gasteiger partial charge in [-0.2, -0.15) is 0 Å². The number of aliphatic hydroxyl groups is 2. The van der Waals surface area contributed by atoms with Crippen LogP contribution in [0.1, 0.15) is 67.2 Å². The molecule has 7 rings (SSSR count). The lowest BCUT2D eigenvalue weighted by atomic mass is 9.55. The van der Waals surface area contributed by atoms with Crippen molar-refractivity contribution in [2.24, 2.45) is 35.5 Å². The smallest absolute Gasteiger partial charge is 0.261 e. The number of hydrogen-bond donors (Lipinski definition) is 2. The van der Waals surface area contributed by atoms with E-state index in [1.54, 1.807) is 0 Å². The van der Waals surface area contributed by atoms with Gasteiger partial charge in [0, 0.05) is 25.0 Å². The number of fused-ring (bicyclic) bond motifs is 2. The fourth-order valence-corrected chi connectivity index (χ4v) is 20.2. The molecule has 3 aliphatic rings. The molecule has 0 saturated heterocycles. The topological polar surface area (TPSA) is 58.9 Å². The van der Waals surface area contributed by atoms with Gasteiger partial charge < -0.3 is 19.1 Å². The summed E-state index contributed by atoms with van der Waals surface area (Å²) in [5.41, 5.74) is 0. The number of allylic oxidation sites excluding steroid dienone is 2. The van der Waals surface area contributed by atoms with Crippen molar-refractivity contribution in [2.45, 2.75) is 89.5 Å². The monoisotopic (exact) mass is 758 g/mol. The van der Waals surface area contributed by atoms with Crippen molar-refractivity contribution in [3.05, 3.63) is 133 Å². The van der Waals surface area contributed by atoms with Gasteiger partial charge in [-0.15, -0.1) is 0 Å². The van der Waals surface area contributed by atoms with Gasteiger partial charge in [0.15, 0.2) is 0 Å². The highest BCUT2D eigenvalue weighted by Crippen LogP contribution is 2.52. The van der Waals surface area contributed by atoms with E-state index in [4.69, 9.17) is 8.85 Å². The van der Waals surface area contributed by atoms with Crippen LogP contribution >= 0.6 is 0 Å². The molecule has 3 aliphatic carbocycles. The van der Waals surface area contributed by atoms with Gasteiger partial charge in [0.05, 0.1) is 12.2 Å². The summed E-state index contributed by atoms with van der Waals surface area (Å²) < 4.78 is 15.3. The summed E-state index contributed by atoms with van der Waals surface area (Å²) in [6.45, 7) is 14.9. The van der Waals surface area contributed by atoms with Crippen molar-refractivity contribution in [1.82, 2.24) is 0 Å². The summed E-state index contributed by atoms with van der Waals surface area (Å²) in [6.07, 6.45) is 7.20. The summed E-state index contributed by atoms with van der Waals surface area (Å²) in [5, 5.41) is 29.5. The van der Waals surface area contributed by atoms with Gasteiger partial charge in [0.25, 0.3) is 16.6 Å². The molecule has 54 heavy (non-hydrogen) atoms. The van der Waals surface area contributed by atoms with Crippen LogP contribution in [0.2, 0.25) is 10.1 Å². The lowest BCUT2D eigenvalue weighted by Gasteiger charge is -2.55. The Morgan fingerprint density at radius 2 is 0.926 bits per heavy atom. The van der Waals surface area contributed by atoms with Crippen molar-refractivity contribution in [3.63, 3.8) is 0 Å². The predicted octanol–water partition coefficient (Wildman–Crippen LogP) is 7.72. The summed E-state index contributed by atoms with van der Waals surface area (Å²) in [5.74, 6) is 0.588. The van der Waals surface area contributed by atoms with E-state index in [1.165, 1.54) is 20.7 Å². The second-order valence-corrected chi connectivity index (χ2v) is 27.1. The summed E-state index contributed by atoms with van der Waals surface area (Å²) in [4.78, 5) is 0. The van der Waals surface area contributed by atoms with Crippen LogP contribution < -0.4 is 20.7 Å². The largest absolute Gasteiger partial charge is 0.407 e. The SMILES string of the molecule is CC(C)(C)[Si](OC[C@@H]1C[C@H]2C[C@@H]3CC=CC[C@@H]3[C@@H](O)[C@H]2[C@@H](O)[C@H]1CO[Si](c1ccccc1)(c1ccccc1)C(C)(C)C)(c1ccccc1)c1ccccc1. The molecule has 286 valence electrons.